The molecule has 0 unspecified atom stereocenters. The van der Waals surface area contributed by atoms with Gasteiger partial charge in [0.1, 0.15) is 17.4 Å². The van der Waals surface area contributed by atoms with E-state index in [9.17, 15) is 9.59 Å². The summed E-state index contributed by atoms with van der Waals surface area (Å²) in [4.78, 5) is 25.4. The quantitative estimate of drug-likeness (QED) is 0.684. The molecule has 1 aliphatic heterocycles. The van der Waals surface area contributed by atoms with E-state index < -0.39 is 18.0 Å². The maximum absolute atomic E-state index is 13.0. The van der Waals surface area contributed by atoms with E-state index in [4.69, 9.17) is 9.47 Å². The van der Waals surface area contributed by atoms with Gasteiger partial charge in [0.15, 0.2) is 6.10 Å². The molecule has 3 aromatic carbocycles. The number of anilines is 1. The monoisotopic (exact) mass is 373 g/mol. The average Bonchev–Trinajstić information content (AvgIpc) is 2.72. The summed E-state index contributed by atoms with van der Waals surface area (Å²) in [5.74, 6) is -0.283. The van der Waals surface area contributed by atoms with Crippen molar-refractivity contribution in [3.05, 3.63) is 90.0 Å². The standard InChI is InChI=1S/C23H19NO4/c1-15(22(25)24-16-9-3-2-4-10-16)27-23(26)21-17-11-5-7-13-19(17)28-20-14-8-6-12-18(20)21/h2-15,21H,1H3,(H,24,25)/t15-/m0/s1. The van der Waals surface area contributed by atoms with Crippen molar-refractivity contribution in [1.82, 2.24) is 0 Å². The lowest BCUT2D eigenvalue weighted by Crippen LogP contribution is -2.32. The van der Waals surface area contributed by atoms with Crippen molar-refractivity contribution in [1.29, 1.82) is 0 Å². The summed E-state index contributed by atoms with van der Waals surface area (Å²) in [6, 6.07) is 23.8. The number of para-hydroxylation sites is 3. The topological polar surface area (TPSA) is 64.6 Å². The van der Waals surface area contributed by atoms with Gasteiger partial charge in [-0.3, -0.25) is 9.59 Å². The first-order valence-corrected chi connectivity index (χ1v) is 9.05. The number of nitrogens with one attached hydrogen (secondary N) is 1. The lowest BCUT2D eigenvalue weighted by Gasteiger charge is -2.27. The molecule has 1 atom stereocenters. The minimum Gasteiger partial charge on any atom is -0.457 e. The highest BCUT2D eigenvalue weighted by Gasteiger charge is 2.35. The van der Waals surface area contributed by atoms with E-state index in [1.165, 1.54) is 0 Å². The molecule has 5 nitrogen and oxygen atoms in total. The molecule has 0 aliphatic carbocycles. The minimum atomic E-state index is -0.935. The fraction of sp³-hybridized carbons (Fsp3) is 0.130. The SMILES string of the molecule is C[C@H](OC(=O)C1c2ccccc2Oc2ccccc21)C(=O)Nc1ccccc1. The Morgan fingerprint density at radius 2 is 1.39 bits per heavy atom. The molecule has 3 aromatic rings. The fourth-order valence-corrected chi connectivity index (χ4v) is 3.23. The minimum absolute atomic E-state index is 0.381. The molecule has 140 valence electrons. The number of ether oxygens (including phenoxy) is 2. The second-order valence-corrected chi connectivity index (χ2v) is 6.55. The summed E-state index contributed by atoms with van der Waals surface area (Å²) >= 11 is 0. The fourth-order valence-electron chi connectivity index (χ4n) is 3.23. The third-order valence-electron chi connectivity index (χ3n) is 4.62. The summed E-state index contributed by atoms with van der Waals surface area (Å²) < 4.78 is 11.4. The van der Waals surface area contributed by atoms with Crippen LogP contribution in [0, 0.1) is 0 Å². The molecule has 0 aromatic heterocycles. The molecule has 4 rings (SSSR count). The van der Waals surface area contributed by atoms with Crippen LogP contribution in [-0.4, -0.2) is 18.0 Å². The molecule has 0 spiro atoms. The summed E-state index contributed by atoms with van der Waals surface area (Å²) in [6.45, 7) is 1.56. The summed E-state index contributed by atoms with van der Waals surface area (Å²) in [5.41, 5.74) is 2.10. The molecule has 0 fully saturated rings. The van der Waals surface area contributed by atoms with E-state index in [1.807, 2.05) is 66.7 Å². The van der Waals surface area contributed by atoms with Gasteiger partial charge in [-0.15, -0.1) is 0 Å². The summed E-state index contributed by atoms with van der Waals surface area (Å²) in [5, 5.41) is 2.75. The first-order chi connectivity index (χ1) is 13.6. The molecule has 28 heavy (non-hydrogen) atoms. The maximum atomic E-state index is 13.0. The van der Waals surface area contributed by atoms with Crippen molar-refractivity contribution < 1.29 is 19.1 Å². The van der Waals surface area contributed by atoms with Gasteiger partial charge in [0.2, 0.25) is 0 Å². The first kappa shape index (κ1) is 17.8. The van der Waals surface area contributed by atoms with Crippen LogP contribution in [0.2, 0.25) is 0 Å². The Kier molecular flexibility index (Phi) is 4.81. The van der Waals surface area contributed by atoms with Crippen LogP contribution in [0.3, 0.4) is 0 Å². The van der Waals surface area contributed by atoms with Crippen LogP contribution in [0.4, 0.5) is 5.69 Å². The van der Waals surface area contributed by atoms with Gasteiger partial charge in [-0.05, 0) is 31.2 Å². The van der Waals surface area contributed by atoms with Gasteiger partial charge < -0.3 is 14.8 Å². The van der Waals surface area contributed by atoms with E-state index >= 15 is 0 Å². The molecule has 0 radical (unpaired) electrons. The molecular formula is C23H19NO4. The van der Waals surface area contributed by atoms with Crippen molar-refractivity contribution in [2.24, 2.45) is 0 Å². The Bertz CT molecular complexity index is 970. The number of hydrogen-bond acceptors (Lipinski definition) is 4. The molecule has 0 saturated carbocycles. The van der Waals surface area contributed by atoms with Crippen LogP contribution in [0.1, 0.15) is 24.0 Å². The summed E-state index contributed by atoms with van der Waals surface area (Å²) in [6.07, 6.45) is -0.935. The predicted octanol–water partition coefficient (Wildman–Crippen LogP) is 4.49. The third-order valence-corrected chi connectivity index (χ3v) is 4.62. The van der Waals surface area contributed by atoms with Crippen LogP contribution in [0.25, 0.3) is 0 Å². The molecule has 5 heteroatoms. The van der Waals surface area contributed by atoms with Crippen LogP contribution >= 0.6 is 0 Å². The van der Waals surface area contributed by atoms with E-state index in [0.29, 0.717) is 17.2 Å². The molecule has 0 saturated heterocycles. The first-order valence-electron chi connectivity index (χ1n) is 9.05. The van der Waals surface area contributed by atoms with E-state index in [2.05, 4.69) is 5.32 Å². The van der Waals surface area contributed by atoms with Crippen molar-refractivity contribution >= 4 is 17.6 Å². The number of carbonyl (C=O) groups excluding carboxylic acids is 2. The average molecular weight is 373 g/mol. The second-order valence-electron chi connectivity index (χ2n) is 6.55. The molecule has 1 heterocycles. The van der Waals surface area contributed by atoms with Crippen LogP contribution in [0.15, 0.2) is 78.9 Å². The van der Waals surface area contributed by atoms with Gasteiger partial charge in [-0.1, -0.05) is 54.6 Å². The highest BCUT2D eigenvalue weighted by molar-refractivity contribution is 5.96. The van der Waals surface area contributed by atoms with Gasteiger partial charge in [0.05, 0.1) is 0 Å². The van der Waals surface area contributed by atoms with Gasteiger partial charge in [0.25, 0.3) is 5.91 Å². The van der Waals surface area contributed by atoms with Crippen molar-refractivity contribution in [2.75, 3.05) is 5.32 Å². The maximum Gasteiger partial charge on any atom is 0.318 e. The predicted molar refractivity (Wildman–Crippen MR) is 105 cm³/mol. The lowest BCUT2D eigenvalue weighted by atomic mass is 9.88. The van der Waals surface area contributed by atoms with Crippen molar-refractivity contribution in [3.8, 4) is 11.5 Å². The van der Waals surface area contributed by atoms with Crippen LogP contribution in [-0.2, 0) is 14.3 Å². The van der Waals surface area contributed by atoms with Gasteiger partial charge in [-0.25, -0.2) is 0 Å². The highest BCUT2D eigenvalue weighted by atomic mass is 16.5. The van der Waals surface area contributed by atoms with Gasteiger partial charge in [-0.2, -0.15) is 0 Å². The van der Waals surface area contributed by atoms with E-state index in [1.54, 1.807) is 19.1 Å². The number of carbonyl (C=O) groups is 2. The Balaban J connectivity index is 1.55. The van der Waals surface area contributed by atoms with Crippen LogP contribution < -0.4 is 10.1 Å². The third kappa shape index (κ3) is 3.47. The molecule has 1 aliphatic rings. The number of esters is 1. The molecule has 1 amide bonds. The Morgan fingerprint density at radius 3 is 2.00 bits per heavy atom. The largest absolute Gasteiger partial charge is 0.457 e. The van der Waals surface area contributed by atoms with Crippen LogP contribution in [0.5, 0.6) is 11.5 Å². The number of amides is 1. The zero-order chi connectivity index (χ0) is 19.5. The van der Waals surface area contributed by atoms with Crippen molar-refractivity contribution in [3.63, 3.8) is 0 Å². The number of fused-ring (bicyclic) bond motifs is 2. The van der Waals surface area contributed by atoms with E-state index in [0.717, 1.165) is 11.1 Å². The van der Waals surface area contributed by atoms with Gasteiger partial charge in [0, 0.05) is 16.8 Å². The number of hydrogen-bond donors (Lipinski definition) is 1. The smallest absolute Gasteiger partial charge is 0.318 e. The Morgan fingerprint density at radius 1 is 0.857 bits per heavy atom. The Hall–Kier alpha value is -3.60. The normalized spacial score (nSPS) is 13.5. The highest BCUT2D eigenvalue weighted by Crippen LogP contribution is 2.44. The number of rotatable bonds is 4. The van der Waals surface area contributed by atoms with Crippen molar-refractivity contribution in [2.45, 2.75) is 18.9 Å². The van der Waals surface area contributed by atoms with E-state index in [-0.39, 0.29) is 5.91 Å². The zero-order valence-corrected chi connectivity index (χ0v) is 15.3. The lowest BCUT2D eigenvalue weighted by molar-refractivity contribution is -0.153. The Labute approximate surface area is 162 Å². The zero-order valence-electron chi connectivity index (χ0n) is 15.3. The molecule has 1 N–H and O–H groups in total. The summed E-state index contributed by atoms with van der Waals surface area (Å²) in [7, 11) is 0. The molecular weight excluding hydrogens is 354 g/mol. The van der Waals surface area contributed by atoms with Gasteiger partial charge >= 0.3 is 5.97 Å². The molecule has 0 bridgehead atoms. The number of benzene rings is 3. The second kappa shape index (κ2) is 7.56.